The van der Waals surface area contributed by atoms with E-state index in [2.05, 4.69) is 69.5 Å². The average molecular weight is 488 g/mol. The highest BCUT2D eigenvalue weighted by Gasteiger charge is 2.10. The lowest BCUT2D eigenvalue weighted by Gasteiger charge is -2.09. The first-order valence-corrected chi connectivity index (χ1v) is 12.4. The van der Waals surface area contributed by atoms with Crippen molar-refractivity contribution in [2.24, 2.45) is 0 Å². The minimum absolute atomic E-state index is 0.680. The summed E-state index contributed by atoms with van der Waals surface area (Å²) in [5.41, 5.74) is 8.30. The van der Waals surface area contributed by atoms with E-state index in [1.807, 2.05) is 67.0 Å². The third kappa shape index (κ3) is 4.06. The molecule has 0 aliphatic heterocycles. The molecule has 0 aliphatic rings. The average Bonchev–Trinajstić information content (AvgIpc) is 3.01. The van der Waals surface area contributed by atoms with Crippen LogP contribution < -0.4 is 0 Å². The fourth-order valence-corrected chi connectivity index (χ4v) is 4.66. The number of fused-ring (bicyclic) bond motifs is 3. The first-order valence-electron chi connectivity index (χ1n) is 12.4. The summed E-state index contributed by atoms with van der Waals surface area (Å²) in [6, 6.07) is 36.6. The summed E-state index contributed by atoms with van der Waals surface area (Å²) < 4.78 is 0. The molecule has 7 aromatic rings. The van der Waals surface area contributed by atoms with Gasteiger partial charge in [0.1, 0.15) is 0 Å². The Kier molecular flexibility index (Phi) is 5.37. The lowest BCUT2D eigenvalue weighted by Crippen LogP contribution is -1.93. The molecule has 5 heteroatoms. The standard InChI is InChI=1S/C33H21N5/c1-2-7-22(8-3-1)27-20-35-33(36-21-27)26-10-6-9-25(19-26)28-16-14-23-12-13-24-15-17-30(29-11-4-5-18-34-29)38-32(24)31(23)37-28/h1-21H. The van der Waals surface area contributed by atoms with Crippen LogP contribution in [0.3, 0.4) is 0 Å². The van der Waals surface area contributed by atoms with Crippen LogP contribution in [0.15, 0.2) is 128 Å². The van der Waals surface area contributed by atoms with Crippen molar-refractivity contribution in [2.75, 3.05) is 0 Å². The van der Waals surface area contributed by atoms with Crippen LogP contribution in [-0.2, 0) is 0 Å². The molecule has 0 N–H and O–H groups in total. The summed E-state index contributed by atoms with van der Waals surface area (Å²) >= 11 is 0. The van der Waals surface area contributed by atoms with E-state index in [4.69, 9.17) is 9.97 Å². The van der Waals surface area contributed by atoms with Gasteiger partial charge >= 0.3 is 0 Å². The Morgan fingerprint density at radius 3 is 1.76 bits per heavy atom. The summed E-state index contributed by atoms with van der Waals surface area (Å²) in [5.74, 6) is 0.680. The predicted molar refractivity (Wildman–Crippen MR) is 152 cm³/mol. The van der Waals surface area contributed by atoms with Gasteiger partial charge in [-0.25, -0.2) is 19.9 Å². The van der Waals surface area contributed by atoms with Gasteiger partial charge < -0.3 is 0 Å². The number of nitrogens with zero attached hydrogens (tertiary/aromatic N) is 5. The molecule has 0 bridgehead atoms. The molecule has 38 heavy (non-hydrogen) atoms. The SMILES string of the molecule is c1ccc(-c2cnc(-c3cccc(-c4ccc5ccc6ccc(-c7ccccn7)nc6c5n4)c3)nc2)cc1. The molecule has 0 atom stereocenters. The monoisotopic (exact) mass is 487 g/mol. The quantitative estimate of drug-likeness (QED) is 0.239. The molecule has 0 spiro atoms. The van der Waals surface area contributed by atoms with E-state index in [0.717, 1.165) is 61.1 Å². The fraction of sp³-hybridized carbons (Fsp3) is 0. The maximum absolute atomic E-state index is 5.07. The van der Waals surface area contributed by atoms with Crippen LogP contribution in [0.4, 0.5) is 0 Å². The lowest BCUT2D eigenvalue weighted by atomic mass is 10.0. The van der Waals surface area contributed by atoms with E-state index < -0.39 is 0 Å². The molecule has 0 unspecified atom stereocenters. The van der Waals surface area contributed by atoms with Crippen LogP contribution in [0.2, 0.25) is 0 Å². The third-order valence-electron chi connectivity index (χ3n) is 6.62. The van der Waals surface area contributed by atoms with Gasteiger partial charge in [-0.3, -0.25) is 4.98 Å². The zero-order valence-electron chi connectivity index (χ0n) is 20.4. The van der Waals surface area contributed by atoms with Gasteiger partial charge in [0, 0.05) is 46.1 Å². The van der Waals surface area contributed by atoms with Gasteiger partial charge in [-0.05, 0) is 35.9 Å². The van der Waals surface area contributed by atoms with Crippen molar-refractivity contribution in [1.82, 2.24) is 24.9 Å². The Morgan fingerprint density at radius 1 is 0.395 bits per heavy atom. The van der Waals surface area contributed by atoms with Crippen molar-refractivity contribution in [3.05, 3.63) is 128 Å². The third-order valence-corrected chi connectivity index (χ3v) is 6.62. The molecule has 4 heterocycles. The van der Waals surface area contributed by atoms with Crippen LogP contribution in [-0.4, -0.2) is 24.9 Å². The minimum atomic E-state index is 0.680. The second-order valence-corrected chi connectivity index (χ2v) is 9.06. The zero-order valence-corrected chi connectivity index (χ0v) is 20.4. The number of aromatic nitrogens is 5. The minimum Gasteiger partial charge on any atom is -0.255 e. The van der Waals surface area contributed by atoms with Gasteiger partial charge in [-0.2, -0.15) is 0 Å². The fourth-order valence-electron chi connectivity index (χ4n) is 4.66. The maximum atomic E-state index is 5.07. The molecule has 3 aromatic carbocycles. The molecule has 0 aliphatic carbocycles. The zero-order chi connectivity index (χ0) is 25.3. The van der Waals surface area contributed by atoms with Crippen molar-refractivity contribution in [1.29, 1.82) is 0 Å². The van der Waals surface area contributed by atoms with Gasteiger partial charge in [-0.15, -0.1) is 0 Å². The molecule has 7 rings (SSSR count). The highest BCUT2D eigenvalue weighted by molar-refractivity contribution is 6.04. The number of hydrogen-bond donors (Lipinski definition) is 0. The molecule has 5 nitrogen and oxygen atoms in total. The Bertz CT molecular complexity index is 1900. The van der Waals surface area contributed by atoms with Crippen molar-refractivity contribution in [3.8, 4) is 45.2 Å². The van der Waals surface area contributed by atoms with Gasteiger partial charge in [0.2, 0.25) is 0 Å². The molecule has 0 amide bonds. The topological polar surface area (TPSA) is 64.5 Å². The van der Waals surface area contributed by atoms with Gasteiger partial charge in [0.15, 0.2) is 5.82 Å². The summed E-state index contributed by atoms with van der Waals surface area (Å²) in [6.07, 6.45) is 5.53. The Hall–Kier alpha value is -5.29. The predicted octanol–water partition coefficient (Wildman–Crippen LogP) is 7.64. The summed E-state index contributed by atoms with van der Waals surface area (Å²) in [5, 5.41) is 2.09. The first-order chi connectivity index (χ1) is 18.8. The van der Waals surface area contributed by atoms with Crippen molar-refractivity contribution >= 4 is 21.8 Å². The van der Waals surface area contributed by atoms with Crippen LogP contribution in [0.5, 0.6) is 0 Å². The van der Waals surface area contributed by atoms with E-state index in [-0.39, 0.29) is 0 Å². The van der Waals surface area contributed by atoms with Gasteiger partial charge in [0.05, 0.1) is 28.1 Å². The van der Waals surface area contributed by atoms with Crippen molar-refractivity contribution in [3.63, 3.8) is 0 Å². The smallest absolute Gasteiger partial charge is 0.159 e. The van der Waals surface area contributed by atoms with Crippen molar-refractivity contribution < 1.29 is 0 Å². The molecule has 0 saturated heterocycles. The number of pyridine rings is 3. The Labute approximate surface area is 219 Å². The van der Waals surface area contributed by atoms with E-state index >= 15 is 0 Å². The Balaban J connectivity index is 1.29. The summed E-state index contributed by atoms with van der Waals surface area (Å²) in [6.45, 7) is 0. The highest BCUT2D eigenvalue weighted by Crippen LogP contribution is 2.30. The molecule has 0 radical (unpaired) electrons. The van der Waals surface area contributed by atoms with Crippen molar-refractivity contribution in [2.45, 2.75) is 0 Å². The van der Waals surface area contributed by atoms with E-state index in [0.29, 0.717) is 5.82 Å². The lowest BCUT2D eigenvalue weighted by molar-refractivity contribution is 1.18. The molecular formula is C33H21N5. The van der Waals surface area contributed by atoms with Gasteiger partial charge in [0.25, 0.3) is 0 Å². The number of rotatable bonds is 4. The van der Waals surface area contributed by atoms with Crippen LogP contribution >= 0.6 is 0 Å². The van der Waals surface area contributed by atoms with Crippen LogP contribution in [0.1, 0.15) is 0 Å². The maximum Gasteiger partial charge on any atom is 0.159 e. The molecule has 0 fully saturated rings. The van der Waals surface area contributed by atoms with E-state index in [1.165, 1.54) is 0 Å². The number of benzene rings is 3. The summed E-state index contributed by atoms with van der Waals surface area (Å²) in [4.78, 5) is 23.8. The second-order valence-electron chi connectivity index (χ2n) is 9.06. The first kappa shape index (κ1) is 21.9. The summed E-state index contributed by atoms with van der Waals surface area (Å²) in [7, 11) is 0. The molecule has 178 valence electrons. The molecule has 4 aromatic heterocycles. The van der Waals surface area contributed by atoms with Gasteiger partial charge in [-0.1, -0.05) is 78.9 Å². The molecule has 0 saturated carbocycles. The largest absolute Gasteiger partial charge is 0.255 e. The number of hydrogen-bond acceptors (Lipinski definition) is 5. The highest BCUT2D eigenvalue weighted by atomic mass is 14.9. The molecular weight excluding hydrogens is 466 g/mol. The second kappa shape index (κ2) is 9.30. The van der Waals surface area contributed by atoms with Crippen LogP contribution in [0, 0.1) is 0 Å². The van der Waals surface area contributed by atoms with E-state index in [9.17, 15) is 0 Å². The normalized spacial score (nSPS) is 11.2. The van der Waals surface area contributed by atoms with E-state index in [1.54, 1.807) is 6.20 Å². The Morgan fingerprint density at radius 2 is 1.03 bits per heavy atom. The van der Waals surface area contributed by atoms with Crippen LogP contribution in [0.25, 0.3) is 67.0 Å².